The topological polar surface area (TPSA) is 52.0 Å². The molecule has 0 aliphatic heterocycles. The highest BCUT2D eigenvalue weighted by molar-refractivity contribution is 5.10. The van der Waals surface area contributed by atoms with E-state index in [9.17, 15) is 0 Å². The van der Waals surface area contributed by atoms with E-state index < -0.39 is 0 Å². The molecule has 3 nitrogen and oxygen atoms in total. The minimum Gasteiger partial charge on any atom is -0.429 e. The lowest BCUT2D eigenvalue weighted by molar-refractivity contribution is 0.509. The Kier molecular flexibility index (Phi) is 2.95. The number of anilines is 1. The van der Waals surface area contributed by atoms with Crippen LogP contribution in [0.1, 0.15) is 31.9 Å². The average Bonchev–Trinajstić information content (AvgIpc) is 2.37. The first-order valence-electron chi connectivity index (χ1n) is 4.03. The minimum absolute atomic E-state index is 0.275. The van der Waals surface area contributed by atoms with Crippen LogP contribution >= 0.6 is 0 Å². The molecule has 1 rings (SSSR count). The number of nitrogen functional groups attached to an aromatic ring is 1. The first-order valence-corrected chi connectivity index (χ1v) is 4.03. The van der Waals surface area contributed by atoms with Gasteiger partial charge in [0.05, 0.1) is 6.20 Å². The van der Waals surface area contributed by atoms with Gasteiger partial charge in [0.1, 0.15) is 5.76 Å². The van der Waals surface area contributed by atoms with E-state index in [-0.39, 0.29) is 6.01 Å². The fraction of sp³-hybridized carbons (Fsp3) is 0.625. The van der Waals surface area contributed by atoms with Crippen molar-refractivity contribution in [3.05, 3.63) is 12.0 Å². The van der Waals surface area contributed by atoms with Crippen molar-refractivity contribution in [2.24, 2.45) is 0 Å². The third-order valence-electron chi connectivity index (χ3n) is 1.60. The molecule has 0 aliphatic carbocycles. The quantitative estimate of drug-likeness (QED) is 0.675. The van der Waals surface area contributed by atoms with Crippen LogP contribution in [0.2, 0.25) is 0 Å². The molecule has 3 heteroatoms. The van der Waals surface area contributed by atoms with Crippen LogP contribution in [-0.4, -0.2) is 4.98 Å². The largest absolute Gasteiger partial charge is 0.429 e. The molecule has 1 aromatic rings. The summed E-state index contributed by atoms with van der Waals surface area (Å²) >= 11 is 0. The zero-order valence-corrected chi connectivity index (χ0v) is 6.84. The zero-order chi connectivity index (χ0) is 8.10. The van der Waals surface area contributed by atoms with Gasteiger partial charge in [-0.25, -0.2) is 4.98 Å². The molecule has 1 heterocycles. The molecule has 1 aromatic heterocycles. The van der Waals surface area contributed by atoms with E-state index in [0.717, 1.165) is 18.6 Å². The van der Waals surface area contributed by atoms with Gasteiger partial charge >= 0.3 is 0 Å². The molecular formula is C8H14N2O. The van der Waals surface area contributed by atoms with Crippen LogP contribution in [0.5, 0.6) is 0 Å². The molecule has 0 atom stereocenters. The molecule has 0 bridgehead atoms. The standard InChI is InChI=1S/C8H14N2O/c1-2-3-4-5-7-6-10-8(9)11-7/h6H,2-5H2,1H3,(H2,9,10). The lowest BCUT2D eigenvalue weighted by atomic mass is 10.2. The Morgan fingerprint density at radius 3 is 2.91 bits per heavy atom. The Hall–Kier alpha value is -0.990. The Bertz CT molecular complexity index is 208. The van der Waals surface area contributed by atoms with Gasteiger partial charge < -0.3 is 10.2 Å². The summed E-state index contributed by atoms with van der Waals surface area (Å²) in [5.41, 5.74) is 5.31. The van der Waals surface area contributed by atoms with E-state index in [4.69, 9.17) is 10.2 Å². The first kappa shape index (κ1) is 8.11. The molecule has 62 valence electrons. The van der Waals surface area contributed by atoms with Crippen molar-refractivity contribution in [3.63, 3.8) is 0 Å². The Morgan fingerprint density at radius 1 is 1.55 bits per heavy atom. The van der Waals surface area contributed by atoms with Crippen LogP contribution in [0, 0.1) is 0 Å². The van der Waals surface area contributed by atoms with Crippen molar-refractivity contribution < 1.29 is 4.42 Å². The van der Waals surface area contributed by atoms with Crippen molar-refractivity contribution in [2.45, 2.75) is 32.6 Å². The van der Waals surface area contributed by atoms with Gasteiger partial charge in [-0.1, -0.05) is 19.8 Å². The fourth-order valence-electron chi connectivity index (χ4n) is 0.987. The predicted octanol–water partition coefficient (Wildman–Crippen LogP) is 1.99. The van der Waals surface area contributed by atoms with Crippen molar-refractivity contribution in [3.8, 4) is 0 Å². The number of rotatable bonds is 4. The maximum absolute atomic E-state index is 5.31. The summed E-state index contributed by atoms with van der Waals surface area (Å²) < 4.78 is 5.10. The van der Waals surface area contributed by atoms with Crippen LogP contribution in [0.25, 0.3) is 0 Å². The van der Waals surface area contributed by atoms with E-state index in [0.29, 0.717) is 0 Å². The van der Waals surface area contributed by atoms with E-state index in [1.54, 1.807) is 6.20 Å². The monoisotopic (exact) mass is 154 g/mol. The van der Waals surface area contributed by atoms with Crippen LogP contribution in [0.15, 0.2) is 10.6 Å². The molecule has 0 fully saturated rings. The maximum atomic E-state index is 5.31. The van der Waals surface area contributed by atoms with E-state index >= 15 is 0 Å². The van der Waals surface area contributed by atoms with Crippen LogP contribution in [0.4, 0.5) is 6.01 Å². The number of unbranched alkanes of at least 4 members (excludes halogenated alkanes) is 2. The van der Waals surface area contributed by atoms with Gasteiger partial charge in [0.25, 0.3) is 6.01 Å². The molecule has 0 spiro atoms. The number of hydrogen-bond acceptors (Lipinski definition) is 3. The zero-order valence-electron chi connectivity index (χ0n) is 6.84. The second-order valence-corrected chi connectivity index (χ2v) is 2.62. The number of nitrogens with two attached hydrogens (primary N) is 1. The molecule has 0 amide bonds. The number of hydrogen-bond donors (Lipinski definition) is 1. The molecule has 0 aromatic carbocycles. The summed E-state index contributed by atoms with van der Waals surface area (Å²) in [6, 6.07) is 0.275. The highest BCUT2D eigenvalue weighted by Gasteiger charge is 1.98. The molecule has 0 saturated heterocycles. The summed E-state index contributed by atoms with van der Waals surface area (Å²) in [7, 11) is 0. The number of aryl methyl sites for hydroxylation is 1. The van der Waals surface area contributed by atoms with Crippen LogP contribution < -0.4 is 5.73 Å². The smallest absolute Gasteiger partial charge is 0.292 e. The molecule has 0 radical (unpaired) electrons. The van der Waals surface area contributed by atoms with E-state index in [1.165, 1.54) is 12.8 Å². The van der Waals surface area contributed by atoms with E-state index in [2.05, 4.69) is 11.9 Å². The molecule has 0 unspecified atom stereocenters. The lowest BCUT2D eigenvalue weighted by Crippen LogP contribution is -1.82. The summed E-state index contributed by atoms with van der Waals surface area (Å²) in [6.07, 6.45) is 6.28. The number of oxazole rings is 1. The van der Waals surface area contributed by atoms with Crippen LogP contribution in [0.3, 0.4) is 0 Å². The average molecular weight is 154 g/mol. The van der Waals surface area contributed by atoms with Gasteiger partial charge in [-0.05, 0) is 6.42 Å². The lowest BCUT2D eigenvalue weighted by Gasteiger charge is -1.92. The molecule has 0 aliphatic rings. The second kappa shape index (κ2) is 4.01. The van der Waals surface area contributed by atoms with Crippen LogP contribution in [-0.2, 0) is 6.42 Å². The predicted molar refractivity (Wildman–Crippen MR) is 44.1 cm³/mol. The van der Waals surface area contributed by atoms with Gasteiger partial charge in [0.15, 0.2) is 0 Å². The molecular weight excluding hydrogens is 140 g/mol. The van der Waals surface area contributed by atoms with Gasteiger partial charge in [-0.15, -0.1) is 0 Å². The Labute approximate surface area is 66.6 Å². The Morgan fingerprint density at radius 2 is 2.36 bits per heavy atom. The third-order valence-corrected chi connectivity index (χ3v) is 1.60. The van der Waals surface area contributed by atoms with E-state index in [1.807, 2.05) is 0 Å². The van der Waals surface area contributed by atoms with Gasteiger partial charge in [-0.3, -0.25) is 0 Å². The molecule has 11 heavy (non-hydrogen) atoms. The number of aromatic nitrogens is 1. The summed E-state index contributed by atoms with van der Waals surface area (Å²) in [6.45, 7) is 2.18. The van der Waals surface area contributed by atoms with Gasteiger partial charge in [-0.2, -0.15) is 0 Å². The van der Waals surface area contributed by atoms with Gasteiger partial charge in [0.2, 0.25) is 0 Å². The Balaban J connectivity index is 2.27. The maximum Gasteiger partial charge on any atom is 0.292 e. The van der Waals surface area contributed by atoms with Crippen molar-refractivity contribution in [1.29, 1.82) is 0 Å². The summed E-state index contributed by atoms with van der Waals surface area (Å²) in [4.78, 5) is 3.81. The normalized spacial score (nSPS) is 10.3. The minimum atomic E-state index is 0.275. The molecule has 2 N–H and O–H groups in total. The second-order valence-electron chi connectivity index (χ2n) is 2.62. The highest BCUT2D eigenvalue weighted by Crippen LogP contribution is 2.08. The molecule has 0 saturated carbocycles. The number of nitrogens with zero attached hydrogens (tertiary/aromatic N) is 1. The summed E-state index contributed by atoms with van der Waals surface area (Å²) in [5, 5.41) is 0. The van der Waals surface area contributed by atoms with Crippen molar-refractivity contribution in [2.75, 3.05) is 5.73 Å². The third kappa shape index (κ3) is 2.62. The van der Waals surface area contributed by atoms with Crippen molar-refractivity contribution in [1.82, 2.24) is 4.98 Å². The SMILES string of the molecule is CCCCCc1cnc(N)o1. The summed E-state index contributed by atoms with van der Waals surface area (Å²) in [5.74, 6) is 0.899. The van der Waals surface area contributed by atoms with Gasteiger partial charge in [0, 0.05) is 6.42 Å². The van der Waals surface area contributed by atoms with Crippen molar-refractivity contribution >= 4 is 6.01 Å². The fourth-order valence-corrected chi connectivity index (χ4v) is 0.987. The first-order chi connectivity index (χ1) is 5.33. The highest BCUT2D eigenvalue weighted by atomic mass is 16.4.